The van der Waals surface area contributed by atoms with Crippen molar-refractivity contribution in [2.75, 3.05) is 0 Å². The van der Waals surface area contributed by atoms with Gasteiger partial charge in [0.05, 0.1) is 0 Å². The molecule has 100 valence electrons. The summed E-state index contributed by atoms with van der Waals surface area (Å²) in [6.07, 6.45) is 0.613. The molecule has 0 amide bonds. The van der Waals surface area contributed by atoms with Crippen molar-refractivity contribution in [3.63, 3.8) is 0 Å². The molecule has 0 aliphatic heterocycles. The van der Waals surface area contributed by atoms with Gasteiger partial charge in [0, 0.05) is 6.04 Å². The minimum Gasteiger partial charge on any atom is -0.271 e. The summed E-state index contributed by atoms with van der Waals surface area (Å²) in [5.41, 5.74) is 5.16. The van der Waals surface area contributed by atoms with E-state index >= 15 is 0 Å². The van der Waals surface area contributed by atoms with Crippen LogP contribution in [0.5, 0.6) is 0 Å². The van der Waals surface area contributed by atoms with Gasteiger partial charge >= 0.3 is 0 Å². The number of halogens is 2. The topological polar surface area (TPSA) is 38.0 Å². The third-order valence-corrected chi connectivity index (χ3v) is 3.14. The van der Waals surface area contributed by atoms with Crippen LogP contribution >= 0.6 is 0 Å². The van der Waals surface area contributed by atoms with Crippen molar-refractivity contribution >= 4 is 0 Å². The van der Waals surface area contributed by atoms with Crippen LogP contribution in [0.4, 0.5) is 8.78 Å². The third kappa shape index (κ3) is 3.36. The van der Waals surface area contributed by atoms with Crippen LogP contribution in [0.3, 0.4) is 0 Å². The van der Waals surface area contributed by atoms with Crippen LogP contribution in [0.25, 0.3) is 0 Å². The summed E-state index contributed by atoms with van der Waals surface area (Å²) < 4.78 is 26.1. The summed E-state index contributed by atoms with van der Waals surface area (Å²) in [6, 6.07) is 11.0. The van der Waals surface area contributed by atoms with Crippen LogP contribution in [0.1, 0.15) is 22.7 Å². The standard InChI is InChI=1S/C15H16F2N2/c1-10-8-12(4-7-14(10)17)15(19-18)9-11-2-5-13(16)6-3-11/h2-8,15,19H,9,18H2,1H3. The Bertz CT molecular complexity index is 553. The fourth-order valence-corrected chi connectivity index (χ4v) is 2.01. The quantitative estimate of drug-likeness (QED) is 0.656. The van der Waals surface area contributed by atoms with E-state index in [4.69, 9.17) is 5.84 Å². The van der Waals surface area contributed by atoms with E-state index in [9.17, 15) is 8.78 Å². The Hall–Kier alpha value is -1.78. The normalized spacial score (nSPS) is 12.4. The van der Waals surface area contributed by atoms with Gasteiger partial charge in [-0.2, -0.15) is 0 Å². The first kappa shape index (κ1) is 13.6. The van der Waals surface area contributed by atoms with Crippen molar-refractivity contribution in [1.82, 2.24) is 5.43 Å². The number of hydrogen-bond donors (Lipinski definition) is 2. The molecule has 0 aliphatic rings. The van der Waals surface area contributed by atoms with Gasteiger partial charge in [-0.3, -0.25) is 11.3 Å². The lowest BCUT2D eigenvalue weighted by Crippen LogP contribution is -2.29. The first-order valence-corrected chi connectivity index (χ1v) is 6.07. The average molecular weight is 262 g/mol. The maximum absolute atomic E-state index is 13.2. The molecule has 19 heavy (non-hydrogen) atoms. The Morgan fingerprint density at radius 3 is 2.37 bits per heavy atom. The Kier molecular flexibility index (Phi) is 4.24. The van der Waals surface area contributed by atoms with Crippen LogP contribution in [0.15, 0.2) is 42.5 Å². The van der Waals surface area contributed by atoms with Crippen LogP contribution in [-0.2, 0) is 6.42 Å². The molecule has 1 unspecified atom stereocenters. The average Bonchev–Trinajstić information content (AvgIpc) is 2.41. The van der Waals surface area contributed by atoms with E-state index in [1.54, 1.807) is 31.2 Å². The molecule has 0 fully saturated rings. The molecule has 0 bridgehead atoms. The molecule has 2 nitrogen and oxygen atoms in total. The Balaban J connectivity index is 2.19. The molecule has 0 saturated carbocycles. The van der Waals surface area contributed by atoms with Crippen molar-refractivity contribution in [2.24, 2.45) is 5.84 Å². The van der Waals surface area contributed by atoms with Crippen molar-refractivity contribution in [3.8, 4) is 0 Å². The minimum absolute atomic E-state index is 0.134. The summed E-state index contributed by atoms with van der Waals surface area (Å²) >= 11 is 0. The number of hydrazine groups is 1. The smallest absolute Gasteiger partial charge is 0.126 e. The molecular weight excluding hydrogens is 246 g/mol. The molecule has 2 aromatic carbocycles. The van der Waals surface area contributed by atoms with E-state index in [2.05, 4.69) is 5.43 Å². The lowest BCUT2D eigenvalue weighted by molar-refractivity contribution is 0.547. The molecule has 0 aromatic heterocycles. The molecule has 2 aromatic rings. The highest BCUT2D eigenvalue weighted by Crippen LogP contribution is 2.20. The molecule has 2 rings (SSSR count). The number of nitrogens with two attached hydrogens (primary N) is 1. The van der Waals surface area contributed by atoms with Crippen molar-refractivity contribution < 1.29 is 8.78 Å². The Labute approximate surface area is 111 Å². The zero-order valence-electron chi connectivity index (χ0n) is 10.7. The molecule has 0 saturated heterocycles. The second kappa shape index (κ2) is 5.91. The van der Waals surface area contributed by atoms with Gasteiger partial charge < -0.3 is 0 Å². The number of aryl methyl sites for hydroxylation is 1. The van der Waals surface area contributed by atoms with Crippen LogP contribution in [0, 0.1) is 18.6 Å². The largest absolute Gasteiger partial charge is 0.271 e. The molecule has 3 N–H and O–H groups in total. The molecule has 0 heterocycles. The van der Waals surface area contributed by atoms with Crippen molar-refractivity contribution in [1.29, 1.82) is 0 Å². The van der Waals surface area contributed by atoms with E-state index in [1.165, 1.54) is 18.2 Å². The zero-order chi connectivity index (χ0) is 13.8. The first-order valence-electron chi connectivity index (χ1n) is 6.07. The van der Waals surface area contributed by atoms with Gasteiger partial charge in [0.15, 0.2) is 0 Å². The number of nitrogens with one attached hydrogen (secondary N) is 1. The van der Waals surface area contributed by atoms with Gasteiger partial charge in [-0.05, 0) is 48.2 Å². The number of benzene rings is 2. The van der Waals surface area contributed by atoms with Gasteiger partial charge in [0.1, 0.15) is 11.6 Å². The highest BCUT2D eigenvalue weighted by molar-refractivity contribution is 5.28. The fraction of sp³-hybridized carbons (Fsp3) is 0.200. The monoisotopic (exact) mass is 262 g/mol. The Morgan fingerprint density at radius 1 is 1.11 bits per heavy atom. The molecule has 1 atom stereocenters. The van der Waals surface area contributed by atoms with E-state index in [0.29, 0.717) is 12.0 Å². The van der Waals surface area contributed by atoms with Crippen molar-refractivity contribution in [2.45, 2.75) is 19.4 Å². The highest BCUT2D eigenvalue weighted by atomic mass is 19.1. The Morgan fingerprint density at radius 2 is 1.79 bits per heavy atom. The lowest BCUT2D eigenvalue weighted by atomic mass is 9.98. The lowest BCUT2D eigenvalue weighted by Gasteiger charge is -2.17. The van der Waals surface area contributed by atoms with E-state index < -0.39 is 0 Å². The summed E-state index contributed by atoms with van der Waals surface area (Å²) in [4.78, 5) is 0. The summed E-state index contributed by atoms with van der Waals surface area (Å²) in [5.74, 6) is 5.05. The fourth-order valence-electron chi connectivity index (χ4n) is 2.01. The zero-order valence-corrected chi connectivity index (χ0v) is 10.7. The minimum atomic E-state index is -0.265. The molecule has 4 heteroatoms. The van der Waals surface area contributed by atoms with E-state index in [-0.39, 0.29) is 17.7 Å². The second-order valence-electron chi connectivity index (χ2n) is 4.56. The first-order chi connectivity index (χ1) is 9.10. The molecule has 0 radical (unpaired) electrons. The molecular formula is C15H16F2N2. The SMILES string of the molecule is Cc1cc(C(Cc2ccc(F)cc2)NN)ccc1F. The number of hydrogen-bond acceptors (Lipinski definition) is 2. The van der Waals surface area contributed by atoms with Gasteiger partial charge in [-0.25, -0.2) is 8.78 Å². The van der Waals surface area contributed by atoms with Crippen LogP contribution < -0.4 is 11.3 Å². The van der Waals surface area contributed by atoms with Crippen LogP contribution in [0.2, 0.25) is 0 Å². The maximum Gasteiger partial charge on any atom is 0.126 e. The predicted molar refractivity (Wildman–Crippen MR) is 71.3 cm³/mol. The number of rotatable bonds is 4. The van der Waals surface area contributed by atoms with E-state index in [1.807, 2.05) is 0 Å². The second-order valence-corrected chi connectivity index (χ2v) is 4.56. The van der Waals surface area contributed by atoms with Gasteiger partial charge in [0.2, 0.25) is 0 Å². The summed E-state index contributed by atoms with van der Waals surface area (Å²) in [5, 5.41) is 0. The van der Waals surface area contributed by atoms with Gasteiger partial charge in [-0.15, -0.1) is 0 Å². The van der Waals surface area contributed by atoms with E-state index in [0.717, 1.165) is 11.1 Å². The van der Waals surface area contributed by atoms with Crippen molar-refractivity contribution in [3.05, 3.63) is 70.8 Å². The van der Waals surface area contributed by atoms with Gasteiger partial charge in [-0.1, -0.05) is 24.3 Å². The van der Waals surface area contributed by atoms with Crippen LogP contribution in [-0.4, -0.2) is 0 Å². The van der Waals surface area contributed by atoms with Gasteiger partial charge in [0.25, 0.3) is 0 Å². The highest BCUT2D eigenvalue weighted by Gasteiger charge is 2.12. The molecule has 0 spiro atoms. The third-order valence-electron chi connectivity index (χ3n) is 3.14. The molecule has 0 aliphatic carbocycles. The predicted octanol–water partition coefficient (Wildman–Crippen LogP) is 3.02. The maximum atomic E-state index is 13.2. The summed E-state index contributed by atoms with van der Waals surface area (Å²) in [7, 11) is 0. The summed E-state index contributed by atoms with van der Waals surface area (Å²) in [6.45, 7) is 1.71.